The van der Waals surface area contributed by atoms with Crippen LogP contribution in [0.2, 0.25) is 0 Å². The molecule has 3 heteroatoms. The second-order valence-corrected chi connectivity index (χ2v) is 1.63. The van der Waals surface area contributed by atoms with Crippen LogP contribution in [0.5, 0.6) is 0 Å². The smallest absolute Gasteiger partial charge is 0.346 e. The van der Waals surface area contributed by atoms with Crippen LogP contribution < -0.4 is 0 Å². The Balaban J connectivity index is 3.04. The van der Waals surface area contributed by atoms with E-state index in [0.29, 0.717) is 0 Å². The predicted molar refractivity (Wildman–Crippen MR) is 29.4 cm³/mol. The lowest BCUT2D eigenvalue weighted by Gasteiger charge is -1.79. The highest BCUT2D eigenvalue weighted by Gasteiger charge is 2.29. The Morgan fingerprint density at radius 2 is 1.33 bits per heavy atom. The number of hydrogen-bond acceptors (Lipinski definition) is 3. The van der Waals surface area contributed by atoms with Crippen LogP contribution in [-0.2, 0) is 14.3 Å². The van der Waals surface area contributed by atoms with Gasteiger partial charge in [-0.3, -0.25) is 0 Å². The molecule has 1 rings (SSSR count). The molecule has 0 unspecified atom stereocenters. The summed E-state index contributed by atoms with van der Waals surface area (Å²) < 4.78 is 4.11. The molecule has 1 saturated heterocycles. The second kappa shape index (κ2) is 1.55. The van der Waals surface area contributed by atoms with Gasteiger partial charge >= 0.3 is 11.9 Å². The van der Waals surface area contributed by atoms with Crippen LogP contribution in [0.1, 0.15) is 0 Å². The molecule has 0 aromatic heterocycles. The number of esters is 2. The monoisotopic (exact) mass is 124 g/mol. The third-order valence-corrected chi connectivity index (χ3v) is 1.04. The second-order valence-electron chi connectivity index (χ2n) is 1.63. The van der Waals surface area contributed by atoms with Gasteiger partial charge in [-0.15, -0.1) is 0 Å². The molecule has 3 nitrogen and oxygen atoms in total. The Morgan fingerprint density at radius 1 is 1.00 bits per heavy atom. The molecular weight excluding hydrogens is 120 g/mol. The van der Waals surface area contributed by atoms with Crippen molar-refractivity contribution in [3.63, 3.8) is 0 Å². The molecule has 0 bridgehead atoms. The van der Waals surface area contributed by atoms with Crippen molar-refractivity contribution in [1.29, 1.82) is 0 Å². The van der Waals surface area contributed by atoms with Gasteiger partial charge in [0.2, 0.25) is 0 Å². The molecule has 9 heavy (non-hydrogen) atoms. The van der Waals surface area contributed by atoms with E-state index in [0.717, 1.165) is 0 Å². The molecular formula is C6H4O3. The predicted octanol–water partition coefficient (Wildman–Crippen LogP) is 0.182. The van der Waals surface area contributed by atoms with E-state index < -0.39 is 11.9 Å². The van der Waals surface area contributed by atoms with Crippen LogP contribution in [-0.4, -0.2) is 11.9 Å². The summed E-state index contributed by atoms with van der Waals surface area (Å²) in [5.74, 6) is -1.38. The molecule has 1 aliphatic heterocycles. The zero-order valence-corrected chi connectivity index (χ0v) is 4.64. The van der Waals surface area contributed by atoms with Gasteiger partial charge in [-0.2, -0.15) is 0 Å². The first-order chi connectivity index (χ1) is 4.13. The Kier molecular flexibility index (Phi) is 0.990. The van der Waals surface area contributed by atoms with Crippen LogP contribution in [0.3, 0.4) is 0 Å². The zero-order chi connectivity index (χ0) is 7.02. The van der Waals surface area contributed by atoms with Crippen molar-refractivity contribution in [3.05, 3.63) is 24.3 Å². The van der Waals surface area contributed by atoms with E-state index in [4.69, 9.17) is 0 Å². The van der Waals surface area contributed by atoms with E-state index in [-0.39, 0.29) is 11.1 Å². The SMILES string of the molecule is C=C1C(=C)C(=O)OC1=O. The van der Waals surface area contributed by atoms with Crippen LogP contribution in [0, 0.1) is 0 Å². The Hall–Kier alpha value is -1.38. The molecule has 0 aromatic rings. The summed E-state index contributed by atoms with van der Waals surface area (Å²) in [6.07, 6.45) is 0. The fourth-order valence-electron chi connectivity index (χ4n) is 0.454. The minimum atomic E-state index is -0.690. The molecule has 0 atom stereocenters. The summed E-state index contributed by atoms with van der Waals surface area (Å²) in [4.78, 5) is 20.8. The fraction of sp³-hybridized carbons (Fsp3) is 0. The average Bonchev–Trinajstić information content (AvgIpc) is 1.98. The molecule has 0 aliphatic carbocycles. The molecule has 46 valence electrons. The minimum absolute atomic E-state index is 0.0556. The molecule has 0 N–H and O–H groups in total. The maximum Gasteiger partial charge on any atom is 0.346 e. The van der Waals surface area contributed by atoms with Gasteiger partial charge in [-0.25, -0.2) is 9.59 Å². The molecule has 0 amide bonds. The third kappa shape index (κ3) is 0.661. The van der Waals surface area contributed by atoms with E-state index in [1.807, 2.05) is 0 Å². The lowest BCUT2D eigenvalue weighted by Crippen LogP contribution is -1.96. The third-order valence-electron chi connectivity index (χ3n) is 1.04. The molecule has 1 heterocycles. The molecule has 0 aromatic carbocycles. The summed E-state index contributed by atoms with van der Waals surface area (Å²) in [5.41, 5.74) is 0.111. The number of carbonyl (C=O) groups excluding carboxylic acids is 2. The van der Waals surface area contributed by atoms with E-state index in [1.165, 1.54) is 0 Å². The van der Waals surface area contributed by atoms with Crippen LogP contribution in [0.4, 0.5) is 0 Å². The molecule has 1 fully saturated rings. The van der Waals surface area contributed by atoms with E-state index >= 15 is 0 Å². The van der Waals surface area contributed by atoms with Gasteiger partial charge in [0.05, 0.1) is 11.1 Å². The van der Waals surface area contributed by atoms with Crippen molar-refractivity contribution in [2.24, 2.45) is 0 Å². The summed E-state index contributed by atoms with van der Waals surface area (Å²) in [5, 5.41) is 0. The van der Waals surface area contributed by atoms with Crippen molar-refractivity contribution in [2.75, 3.05) is 0 Å². The lowest BCUT2D eigenvalue weighted by atomic mass is 10.2. The van der Waals surface area contributed by atoms with Crippen LogP contribution >= 0.6 is 0 Å². The molecule has 0 saturated carbocycles. The highest BCUT2D eigenvalue weighted by molar-refractivity contribution is 6.17. The highest BCUT2D eigenvalue weighted by Crippen LogP contribution is 2.16. The first-order valence-electron chi connectivity index (χ1n) is 2.27. The first-order valence-corrected chi connectivity index (χ1v) is 2.27. The Morgan fingerprint density at radius 3 is 1.44 bits per heavy atom. The Bertz CT molecular complexity index is 200. The first kappa shape index (κ1) is 5.75. The number of cyclic esters (lactones) is 2. The van der Waals surface area contributed by atoms with Gasteiger partial charge in [0.25, 0.3) is 0 Å². The van der Waals surface area contributed by atoms with Gasteiger partial charge in [-0.1, -0.05) is 13.2 Å². The summed E-state index contributed by atoms with van der Waals surface area (Å²) in [6, 6.07) is 0. The number of ether oxygens (including phenoxy) is 1. The largest absolute Gasteiger partial charge is 0.386 e. The van der Waals surface area contributed by atoms with Crippen molar-refractivity contribution in [2.45, 2.75) is 0 Å². The zero-order valence-electron chi connectivity index (χ0n) is 4.64. The van der Waals surface area contributed by atoms with E-state index in [9.17, 15) is 9.59 Å². The number of carbonyl (C=O) groups is 2. The van der Waals surface area contributed by atoms with Crippen LogP contribution in [0.15, 0.2) is 24.3 Å². The van der Waals surface area contributed by atoms with Crippen molar-refractivity contribution in [1.82, 2.24) is 0 Å². The maximum absolute atomic E-state index is 10.4. The van der Waals surface area contributed by atoms with Gasteiger partial charge in [0.1, 0.15) is 0 Å². The Labute approximate surface area is 51.6 Å². The molecule has 0 spiro atoms. The normalized spacial score (nSPS) is 18.7. The molecule has 0 radical (unpaired) electrons. The van der Waals surface area contributed by atoms with Gasteiger partial charge in [0, 0.05) is 0 Å². The summed E-state index contributed by atoms with van der Waals surface area (Å²) >= 11 is 0. The fourth-order valence-corrected chi connectivity index (χ4v) is 0.454. The van der Waals surface area contributed by atoms with Crippen molar-refractivity contribution < 1.29 is 14.3 Å². The average molecular weight is 124 g/mol. The van der Waals surface area contributed by atoms with Crippen molar-refractivity contribution in [3.8, 4) is 0 Å². The summed E-state index contributed by atoms with van der Waals surface area (Å²) in [7, 11) is 0. The number of rotatable bonds is 0. The quantitative estimate of drug-likeness (QED) is 0.263. The molecule has 1 aliphatic rings. The van der Waals surface area contributed by atoms with E-state index in [1.54, 1.807) is 0 Å². The summed E-state index contributed by atoms with van der Waals surface area (Å²) in [6.45, 7) is 6.54. The maximum atomic E-state index is 10.4. The van der Waals surface area contributed by atoms with Crippen molar-refractivity contribution >= 4 is 11.9 Å². The topological polar surface area (TPSA) is 43.4 Å². The van der Waals surface area contributed by atoms with Gasteiger partial charge < -0.3 is 4.74 Å². The van der Waals surface area contributed by atoms with Gasteiger partial charge in [-0.05, 0) is 0 Å². The van der Waals surface area contributed by atoms with Gasteiger partial charge in [0.15, 0.2) is 0 Å². The minimum Gasteiger partial charge on any atom is -0.386 e. The standard InChI is InChI=1S/C6H4O3/c1-3-4(2)6(8)9-5(3)7/h1-2H2. The lowest BCUT2D eigenvalue weighted by molar-refractivity contribution is -0.149. The van der Waals surface area contributed by atoms with Crippen LogP contribution in [0.25, 0.3) is 0 Å². The number of hydrogen-bond donors (Lipinski definition) is 0. The highest BCUT2D eigenvalue weighted by atomic mass is 16.6. The van der Waals surface area contributed by atoms with E-state index in [2.05, 4.69) is 17.9 Å².